The molecule has 1 N–H and O–H groups in total. The summed E-state index contributed by atoms with van der Waals surface area (Å²) in [5.74, 6) is 0.490. The second-order valence-corrected chi connectivity index (χ2v) is 5.84. The van der Waals surface area contributed by atoms with Crippen molar-refractivity contribution in [1.29, 1.82) is 0 Å². The maximum Gasteiger partial charge on any atom is 0.260 e. The highest BCUT2D eigenvalue weighted by molar-refractivity contribution is 9.10. The zero-order chi connectivity index (χ0) is 13.8. The van der Waals surface area contributed by atoms with Crippen LogP contribution in [0, 0.1) is 0 Å². The van der Waals surface area contributed by atoms with Crippen molar-refractivity contribution in [3.8, 4) is 5.75 Å². The second-order valence-electron chi connectivity index (χ2n) is 4.51. The van der Waals surface area contributed by atoms with E-state index in [1.165, 1.54) is 0 Å². The highest BCUT2D eigenvalue weighted by Crippen LogP contribution is 2.27. The van der Waals surface area contributed by atoms with Crippen LogP contribution in [0.2, 0.25) is 5.02 Å². The predicted octanol–water partition coefficient (Wildman–Crippen LogP) is 2.30. The molecule has 4 nitrogen and oxygen atoms in total. The van der Waals surface area contributed by atoms with Crippen LogP contribution < -0.4 is 10.1 Å². The molecule has 1 atom stereocenters. The van der Waals surface area contributed by atoms with Gasteiger partial charge in [-0.1, -0.05) is 27.5 Å². The lowest BCUT2D eigenvalue weighted by atomic mass is 10.2. The molecule has 0 aromatic heterocycles. The van der Waals surface area contributed by atoms with Crippen LogP contribution >= 0.6 is 27.5 Å². The Bertz CT molecular complexity index is 464. The standard InChI is InChI=1S/C13H16BrClN2O2/c1-17(10-4-5-16-7-10)13(18)8-19-12-3-2-9(14)6-11(12)15/h2-3,6,10,16H,4-5,7-8H2,1H3. The van der Waals surface area contributed by atoms with E-state index in [0.29, 0.717) is 10.8 Å². The van der Waals surface area contributed by atoms with Gasteiger partial charge in [-0.15, -0.1) is 0 Å². The zero-order valence-corrected chi connectivity index (χ0v) is 13.0. The molecule has 1 fully saturated rings. The normalized spacial score (nSPS) is 18.4. The van der Waals surface area contributed by atoms with Gasteiger partial charge in [0, 0.05) is 24.1 Å². The number of ether oxygens (including phenoxy) is 1. The number of nitrogens with zero attached hydrogens (tertiary/aromatic N) is 1. The lowest BCUT2D eigenvalue weighted by Crippen LogP contribution is -2.40. The molecule has 6 heteroatoms. The second kappa shape index (κ2) is 6.59. The van der Waals surface area contributed by atoms with E-state index >= 15 is 0 Å². The van der Waals surface area contributed by atoms with E-state index in [9.17, 15) is 4.79 Å². The number of halogens is 2. The molecule has 0 aliphatic carbocycles. The van der Waals surface area contributed by atoms with E-state index in [0.717, 1.165) is 24.0 Å². The largest absolute Gasteiger partial charge is 0.482 e. The van der Waals surface area contributed by atoms with Crippen molar-refractivity contribution >= 4 is 33.4 Å². The summed E-state index contributed by atoms with van der Waals surface area (Å²) in [6, 6.07) is 5.58. The summed E-state index contributed by atoms with van der Waals surface area (Å²) in [7, 11) is 1.81. The Balaban J connectivity index is 1.89. The molecule has 0 radical (unpaired) electrons. The molecule has 1 amide bonds. The monoisotopic (exact) mass is 346 g/mol. The van der Waals surface area contributed by atoms with Gasteiger partial charge in [0.05, 0.1) is 5.02 Å². The molecule has 1 unspecified atom stereocenters. The van der Waals surface area contributed by atoms with Gasteiger partial charge in [-0.05, 0) is 31.2 Å². The summed E-state index contributed by atoms with van der Waals surface area (Å²) in [4.78, 5) is 13.7. The van der Waals surface area contributed by atoms with Crippen LogP contribution in [0.1, 0.15) is 6.42 Å². The molecule has 0 saturated carbocycles. The Hall–Kier alpha value is -0.780. The van der Waals surface area contributed by atoms with Gasteiger partial charge >= 0.3 is 0 Å². The summed E-state index contributed by atoms with van der Waals surface area (Å²) in [6.07, 6.45) is 0.987. The number of hydrogen-bond acceptors (Lipinski definition) is 3. The average Bonchev–Trinajstić information content (AvgIpc) is 2.90. The Morgan fingerprint density at radius 2 is 2.42 bits per heavy atom. The Labute approximate surface area is 126 Å². The minimum Gasteiger partial charge on any atom is -0.482 e. The quantitative estimate of drug-likeness (QED) is 0.909. The van der Waals surface area contributed by atoms with Crippen molar-refractivity contribution in [1.82, 2.24) is 10.2 Å². The lowest BCUT2D eigenvalue weighted by molar-refractivity contribution is -0.133. The minimum absolute atomic E-state index is 0.00829. The van der Waals surface area contributed by atoms with Gasteiger partial charge in [-0.3, -0.25) is 4.79 Å². The van der Waals surface area contributed by atoms with Crippen molar-refractivity contribution in [3.63, 3.8) is 0 Å². The van der Waals surface area contributed by atoms with E-state index in [2.05, 4.69) is 21.2 Å². The number of amides is 1. The highest BCUT2D eigenvalue weighted by atomic mass is 79.9. The first-order chi connectivity index (χ1) is 9.08. The van der Waals surface area contributed by atoms with E-state index in [-0.39, 0.29) is 18.6 Å². The van der Waals surface area contributed by atoms with Gasteiger partial charge in [-0.2, -0.15) is 0 Å². The fourth-order valence-corrected chi connectivity index (χ4v) is 2.74. The van der Waals surface area contributed by atoms with E-state index < -0.39 is 0 Å². The third-order valence-electron chi connectivity index (χ3n) is 3.22. The van der Waals surface area contributed by atoms with Crippen molar-refractivity contribution in [3.05, 3.63) is 27.7 Å². The SMILES string of the molecule is CN(C(=O)COc1ccc(Br)cc1Cl)C1CCNC1. The first-order valence-electron chi connectivity index (χ1n) is 6.12. The molecule has 104 valence electrons. The average molecular weight is 348 g/mol. The molecule has 1 aromatic carbocycles. The maximum absolute atomic E-state index is 12.0. The Morgan fingerprint density at radius 3 is 3.05 bits per heavy atom. The Morgan fingerprint density at radius 1 is 1.63 bits per heavy atom. The van der Waals surface area contributed by atoms with Crippen LogP contribution in [-0.4, -0.2) is 43.6 Å². The van der Waals surface area contributed by atoms with Crippen LogP contribution in [0.25, 0.3) is 0 Å². The first-order valence-corrected chi connectivity index (χ1v) is 7.29. The maximum atomic E-state index is 12.0. The lowest BCUT2D eigenvalue weighted by Gasteiger charge is -2.23. The van der Waals surface area contributed by atoms with Crippen molar-refractivity contribution in [2.75, 3.05) is 26.7 Å². The third kappa shape index (κ3) is 3.84. The van der Waals surface area contributed by atoms with Crippen LogP contribution in [0.15, 0.2) is 22.7 Å². The fourth-order valence-electron chi connectivity index (χ4n) is 2.01. The summed E-state index contributed by atoms with van der Waals surface area (Å²) in [5.41, 5.74) is 0. The van der Waals surface area contributed by atoms with E-state index in [4.69, 9.17) is 16.3 Å². The molecule has 1 aromatic rings. The van der Waals surface area contributed by atoms with E-state index in [1.807, 2.05) is 13.1 Å². The number of carbonyl (C=O) groups is 1. The van der Waals surface area contributed by atoms with Crippen LogP contribution in [0.5, 0.6) is 5.75 Å². The highest BCUT2D eigenvalue weighted by Gasteiger charge is 2.23. The van der Waals surface area contributed by atoms with Gasteiger partial charge in [0.25, 0.3) is 5.91 Å². The van der Waals surface area contributed by atoms with Gasteiger partial charge in [0.2, 0.25) is 0 Å². The predicted molar refractivity (Wildman–Crippen MR) is 78.7 cm³/mol. The molecule has 1 saturated heterocycles. The molecule has 1 heterocycles. The number of hydrogen-bond donors (Lipinski definition) is 1. The summed E-state index contributed by atoms with van der Waals surface area (Å²) < 4.78 is 6.35. The van der Waals surface area contributed by atoms with Crippen LogP contribution in [0.3, 0.4) is 0 Å². The number of carbonyl (C=O) groups excluding carboxylic acids is 1. The van der Waals surface area contributed by atoms with Crippen LogP contribution in [-0.2, 0) is 4.79 Å². The topological polar surface area (TPSA) is 41.6 Å². The Kier molecular flexibility index (Phi) is 5.07. The molecule has 2 rings (SSSR count). The number of rotatable bonds is 4. The molecule has 0 bridgehead atoms. The van der Waals surface area contributed by atoms with Crippen molar-refractivity contribution in [2.45, 2.75) is 12.5 Å². The molecule has 0 spiro atoms. The van der Waals surface area contributed by atoms with Crippen LogP contribution in [0.4, 0.5) is 0 Å². The number of benzene rings is 1. The van der Waals surface area contributed by atoms with Crippen molar-refractivity contribution < 1.29 is 9.53 Å². The van der Waals surface area contributed by atoms with Gasteiger partial charge in [-0.25, -0.2) is 0 Å². The first kappa shape index (κ1) is 14.6. The number of nitrogens with one attached hydrogen (secondary N) is 1. The van der Waals surface area contributed by atoms with Crippen molar-refractivity contribution in [2.24, 2.45) is 0 Å². The minimum atomic E-state index is -0.0346. The number of likely N-dealkylation sites (N-methyl/N-ethyl adjacent to an activating group) is 1. The van der Waals surface area contributed by atoms with Gasteiger partial charge in [0.1, 0.15) is 5.75 Å². The fraction of sp³-hybridized carbons (Fsp3) is 0.462. The zero-order valence-electron chi connectivity index (χ0n) is 10.7. The van der Waals surface area contributed by atoms with Gasteiger partial charge < -0.3 is 15.0 Å². The molecule has 1 aliphatic heterocycles. The van der Waals surface area contributed by atoms with Gasteiger partial charge in [0.15, 0.2) is 6.61 Å². The smallest absolute Gasteiger partial charge is 0.260 e. The summed E-state index contributed by atoms with van der Waals surface area (Å²) in [6.45, 7) is 1.82. The molecule has 19 heavy (non-hydrogen) atoms. The summed E-state index contributed by atoms with van der Waals surface area (Å²) in [5, 5.41) is 3.73. The molecular formula is C13H16BrClN2O2. The third-order valence-corrected chi connectivity index (χ3v) is 4.01. The summed E-state index contributed by atoms with van der Waals surface area (Å²) >= 11 is 9.35. The molecule has 1 aliphatic rings. The molecular weight excluding hydrogens is 332 g/mol. The van der Waals surface area contributed by atoms with E-state index in [1.54, 1.807) is 17.0 Å².